The molecule has 0 fully saturated rings. The molecule has 1 aromatic carbocycles. The SMILES string of the molecule is CCC(Oc1cc(C)ccc1C)C(N)=S. The molecule has 3 heteroatoms. The topological polar surface area (TPSA) is 35.2 Å². The zero-order valence-electron chi connectivity index (χ0n) is 9.41. The number of benzene rings is 1. The summed E-state index contributed by atoms with van der Waals surface area (Å²) in [5, 5.41) is 0. The van der Waals surface area contributed by atoms with Crippen LogP contribution < -0.4 is 10.5 Å². The van der Waals surface area contributed by atoms with Gasteiger partial charge in [0.1, 0.15) is 16.8 Å². The van der Waals surface area contributed by atoms with Gasteiger partial charge < -0.3 is 10.5 Å². The molecule has 15 heavy (non-hydrogen) atoms. The predicted octanol–water partition coefficient (Wildman–Crippen LogP) is 2.75. The second kappa shape index (κ2) is 5.12. The Hall–Kier alpha value is -1.09. The molecule has 1 aromatic rings. The van der Waals surface area contributed by atoms with Crippen molar-refractivity contribution in [2.24, 2.45) is 5.73 Å². The smallest absolute Gasteiger partial charge is 0.148 e. The van der Waals surface area contributed by atoms with Gasteiger partial charge in [-0.05, 0) is 37.5 Å². The van der Waals surface area contributed by atoms with E-state index in [1.54, 1.807) is 0 Å². The predicted molar refractivity (Wildman–Crippen MR) is 67.4 cm³/mol. The zero-order valence-corrected chi connectivity index (χ0v) is 10.2. The molecule has 0 aromatic heterocycles. The van der Waals surface area contributed by atoms with E-state index < -0.39 is 0 Å². The average molecular weight is 223 g/mol. The highest BCUT2D eigenvalue weighted by Crippen LogP contribution is 2.21. The van der Waals surface area contributed by atoms with Crippen molar-refractivity contribution >= 4 is 17.2 Å². The van der Waals surface area contributed by atoms with Gasteiger partial charge in [-0.15, -0.1) is 0 Å². The summed E-state index contributed by atoms with van der Waals surface area (Å²) in [7, 11) is 0. The van der Waals surface area contributed by atoms with Crippen molar-refractivity contribution in [1.82, 2.24) is 0 Å². The Bertz CT molecular complexity index is 363. The Balaban J connectivity index is 2.87. The summed E-state index contributed by atoms with van der Waals surface area (Å²) < 4.78 is 5.77. The van der Waals surface area contributed by atoms with Crippen molar-refractivity contribution < 1.29 is 4.74 Å². The van der Waals surface area contributed by atoms with Crippen molar-refractivity contribution in [3.63, 3.8) is 0 Å². The van der Waals surface area contributed by atoms with Crippen LogP contribution in [0.1, 0.15) is 24.5 Å². The van der Waals surface area contributed by atoms with Crippen molar-refractivity contribution in [2.45, 2.75) is 33.3 Å². The van der Waals surface area contributed by atoms with E-state index in [2.05, 4.69) is 6.07 Å². The first-order valence-electron chi connectivity index (χ1n) is 5.07. The molecule has 0 bridgehead atoms. The van der Waals surface area contributed by atoms with Crippen LogP contribution in [0.4, 0.5) is 0 Å². The Morgan fingerprint density at radius 3 is 2.67 bits per heavy atom. The minimum Gasteiger partial charge on any atom is -0.483 e. The fourth-order valence-electron chi connectivity index (χ4n) is 1.33. The van der Waals surface area contributed by atoms with Crippen molar-refractivity contribution in [2.75, 3.05) is 0 Å². The van der Waals surface area contributed by atoms with Gasteiger partial charge in [0.25, 0.3) is 0 Å². The lowest BCUT2D eigenvalue weighted by Crippen LogP contribution is -2.31. The normalized spacial score (nSPS) is 12.2. The number of hydrogen-bond acceptors (Lipinski definition) is 2. The van der Waals surface area contributed by atoms with Gasteiger partial charge in [-0.2, -0.15) is 0 Å². The fraction of sp³-hybridized carbons (Fsp3) is 0.417. The lowest BCUT2D eigenvalue weighted by atomic mass is 10.1. The van der Waals surface area contributed by atoms with Gasteiger partial charge in [-0.25, -0.2) is 0 Å². The highest BCUT2D eigenvalue weighted by molar-refractivity contribution is 7.80. The van der Waals surface area contributed by atoms with Gasteiger partial charge in [0.15, 0.2) is 0 Å². The summed E-state index contributed by atoms with van der Waals surface area (Å²) in [5.41, 5.74) is 7.87. The Labute approximate surface area is 96.4 Å². The van der Waals surface area contributed by atoms with Crippen LogP contribution >= 0.6 is 12.2 Å². The molecule has 0 aliphatic heterocycles. The largest absolute Gasteiger partial charge is 0.483 e. The van der Waals surface area contributed by atoms with Gasteiger partial charge >= 0.3 is 0 Å². The first-order valence-corrected chi connectivity index (χ1v) is 5.48. The summed E-state index contributed by atoms with van der Waals surface area (Å²) in [6, 6.07) is 6.11. The summed E-state index contributed by atoms with van der Waals surface area (Å²) in [6.45, 7) is 6.06. The van der Waals surface area contributed by atoms with E-state index in [9.17, 15) is 0 Å². The fourth-order valence-corrected chi connectivity index (χ4v) is 1.54. The number of rotatable bonds is 4. The molecule has 0 spiro atoms. The minimum atomic E-state index is -0.166. The third-order valence-corrected chi connectivity index (χ3v) is 2.56. The Morgan fingerprint density at radius 2 is 2.13 bits per heavy atom. The molecule has 2 N–H and O–H groups in total. The van der Waals surface area contributed by atoms with Crippen LogP contribution in [0.3, 0.4) is 0 Å². The van der Waals surface area contributed by atoms with Crippen molar-refractivity contribution in [3.05, 3.63) is 29.3 Å². The molecule has 0 saturated heterocycles. The lowest BCUT2D eigenvalue weighted by Gasteiger charge is -2.18. The van der Waals surface area contributed by atoms with E-state index in [1.807, 2.05) is 32.9 Å². The number of nitrogens with two attached hydrogens (primary N) is 1. The third-order valence-electron chi connectivity index (χ3n) is 2.30. The Morgan fingerprint density at radius 1 is 1.47 bits per heavy atom. The van der Waals surface area contributed by atoms with E-state index >= 15 is 0 Å². The van der Waals surface area contributed by atoms with Crippen LogP contribution in [0.15, 0.2) is 18.2 Å². The minimum absolute atomic E-state index is 0.166. The molecule has 82 valence electrons. The summed E-state index contributed by atoms with van der Waals surface area (Å²) in [5.74, 6) is 0.870. The van der Waals surface area contributed by atoms with E-state index in [1.165, 1.54) is 5.56 Å². The number of hydrogen-bond donors (Lipinski definition) is 1. The maximum Gasteiger partial charge on any atom is 0.148 e. The van der Waals surface area contributed by atoms with Crippen LogP contribution in [0.25, 0.3) is 0 Å². The maximum atomic E-state index is 5.77. The highest BCUT2D eigenvalue weighted by atomic mass is 32.1. The quantitative estimate of drug-likeness (QED) is 0.797. The van der Waals surface area contributed by atoms with E-state index in [0.717, 1.165) is 17.7 Å². The van der Waals surface area contributed by atoms with Gasteiger partial charge in [0.05, 0.1) is 0 Å². The van der Waals surface area contributed by atoms with Gasteiger partial charge in [-0.1, -0.05) is 31.3 Å². The summed E-state index contributed by atoms with van der Waals surface area (Å²) >= 11 is 4.94. The molecular formula is C12H17NOS. The van der Waals surface area contributed by atoms with Gasteiger partial charge in [0, 0.05) is 0 Å². The summed E-state index contributed by atoms with van der Waals surface area (Å²) in [4.78, 5) is 0.415. The molecule has 1 rings (SSSR count). The first kappa shape index (κ1) is 12.0. The monoisotopic (exact) mass is 223 g/mol. The van der Waals surface area contributed by atoms with Crippen LogP contribution in [0.2, 0.25) is 0 Å². The number of aryl methyl sites for hydroxylation is 2. The lowest BCUT2D eigenvalue weighted by molar-refractivity contribution is 0.262. The van der Waals surface area contributed by atoms with Gasteiger partial charge in [-0.3, -0.25) is 0 Å². The molecule has 0 radical (unpaired) electrons. The van der Waals surface area contributed by atoms with Crippen LogP contribution in [-0.4, -0.2) is 11.1 Å². The van der Waals surface area contributed by atoms with Gasteiger partial charge in [0.2, 0.25) is 0 Å². The van der Waals surface area contributed by atoms with Crippen LogP contribution in [0.5, 0.6) is 5.75 Å². The molecule has 0 saturated carbocycles. The highest BCUT2D eigenvalue weighted by Gasteiger charge is 2.12. The van der Waals surface area contributed by atoms with E-state index in [0.29, 0.717) is 4.99 Å². The van der Waals surface area contributed by atoms with Crippen LogP contribution in [0, 0.1) is 13.8 Å². The van der Waals surface area contributed by atoms with Crippen LogP contribution in [-0.2, 0) is 0 Å². The molecule has 0 aliphatic rings. The van der Waals surface area contributed by atoms with Crippen molar-refractivity contribution in [3.8, 4) is 5.75 Å². The average Bonchev–Trinajstić information content (AvgIpc) is 2.18. The standard InChI is InChI=1S/C12H17NOS/c1-4-10(12(13)15)14-11-7-8(2)5-6-9(11)3/h5-7,10H,4H2,1-3H3,(H2,13,15). The maximum absolute atomic E-state index is 5.77. The first-order chi connectivity index (χ1) is 7.04. The number of ether oxygens (including phenoxy) is 1. The molecule has 1 unspecified atom stereocenters. The molecule has 0 amide bonds. The third kappa shape index (κ3) is 3.20. The summed E-state index contributed by atoms with van der Waals surface area (Å²) in [6.07, 6.45) is 0.628. The second-order valence-electron chi connectivity index (χ2n) is 3.69. The number of thiocarbonyl (C=S) groups is 1. The zero-order chi connectivity index (χ0) is 11.4. The van der Waals surface area contributed by atoms with Crippen molar-refractivity contribution in [1.29, 1.82) is 0 Å². The van der Waals surface area contributed by atoms with E-state index in [4.69, 9.17) is 22.7 Å². The molecule has 0 aliphatic carbocycles. The molecular weight excluding hydrogens is 206 g/mol. The molecule has 1 atom stereocenters. The second-order valence-corrected chi connectivity index (χ2v) is 4.16. The van der Waals surface area contributed by atoms with E-state index in [-0.39, 0.29) is 6.10 Å². The molecule has 2 nitrogen and oxygen atoms in total. The Kier molecular flexibility index (Phi) is 4.09. The molecule has 0 heterocycles.